The number of ether oxygens (including phenoxy) is 2. The lowest BCUT2D eigenvalue weighted by Gasteiger charge is -2.12. The van der Waals surface area contributed by atoms with Crippen molar-refractivity contribution in [3.05, 3.63) is 65.8 Å². The summed E-state index contributed by atoms with van der Waals surface area (Å²) in [5.41, 5.74) is 2.57. The van der Waals surface area contributed by atoms with Crippen LogP contribution in [0.15, 0.2) is 53.2 Å². The molecule has 2 aromatic heterocycles. The predicted octanol–water partition coefficient (Wildman–Crippen LogP) is 3.70. The zero-order chi connectivity index (χ0) is 20.6. The van der Waals surface area contributed by atoms with E-state index in [0.717, 1.165) is 22.6 Å². The van der Waals surface area contributed by atoms with Crippen LogP contribution in [0, 0.1) is 6.92 Å². The number of carboxylic acid groups (broad SMARTS) is 1. The number of nitrogens with zero attached hydrogens (tertiary/aromatic N) is 2. The Bertz CT molecular complexity index is 922. The van der Waals surface area contributed by atoms with Gasteiger partial charge in [-0.1, -0.05) is 12.1 Å². The van der Waals surface area contributed by atoms with Crippen molar-refractivity contribution in [1.29, 1.82) is 0 Å². The van der Waals surface area contributed by atoms with E-state index in [2.05, 4.69) is 9.97 Å². The second kappa shape index (κ2) is 9.84. The van der Waals surface area contributed by atoms with E-state index >= 15 is 0 Å². The molecule has 29 heavy (non-hydrogen) atoms. The van der Waals surface area contributed by atoms with Crippen molar-refractivity contribution >= 4 is 5.97 Å². The number of oxazole rings is 1. The van der Waals surface area contributed by atoms with Crippen LogP contribution in [-0.2, 0) is 22.4 Å². The summed E-state index contributed by atoms with van der Waals surface area (Å²) < 4.78 is 16.8. The molecule has 0 fully saturated rings. The van der Waals surface area contributed by atoms with Crippen LogP contribution in [0.3, 0.4) is 0 Å². The molecule has 0 unspecified atom stereocenters. The van der Waals surface area contributed by atoms with Crippen LogP contribution < -0.4 is 4.74 Å². The van der Waals surface area contributed by atoms with Crippen LogP contribution in [0.4, 0.5) is 0 Å². The van der Waals surface area contributed by atoms with Gasteiger partial charge in [0.15, 0.2) is 6.10 Å². The van der Waals surface area contributed by atoms with Crippen LogP contribution >= 0.6 is 0 Å². The average Bonchev–Trinajstić information content (AvgIpc) is 3.10. The van der Waals surface area contributed by atoms with Gasteiger partial charge in [-0.05, 0) is 43.7 Å². The highest BCUT2D eigenvalue weighted by Crippen LogP contribution is 2.21. The van der Waals surface area contributed by atoms with Crippen molar-refractivity contribution in [2.45, 2.75) is 32.8 Å². The highest BCUT2D eigenvalue weighted by molar-refractivity contribution is 5.72. The van der Waals surface area contributed by atoms with Crippen molar-refractivity contribution < 1.29 is 23.8 Å². The van der Waals surface area contributed by atoms with Crippen molar-refractivity contribution in [2.24, 2.45) is 0 Å². The second-order valence-corrected chi connectivity index (χ2v) is 6.49. The van der Waals surface area contributed by atoms with Crippen LogP contribution in [0.1, 0.15) is 23.9 Å². The molecule has 0 radical (unpaired) electrons. The molecule has 7 nitrogen and oxygen atoms in total. The fraction of sp³-hybridized carbons (Fsp3) is 0.318. The molecule has 3 aromatic rings. The van der Waals surface area contributed by atoms with Crippen LogP contribution in [0.25, 0.3) is 11.5 Å². The van der Waals surface area contributed by atoms with Gasteiger partial charge in [0.05, 0.1) is 17.9 Å². The van der Waals surface area contributed by atoms with Crippen molar-refractivity contribution in [1.82, 2.24) is 9.97 Å². The minimum absolute atomic E-state index is 0.318. The van der Waals surface area contributed by atoms with Gasteiger partial charge in [0.1, 0.15) is 11.5 Å². The van der Waals surface area contributed by atoms with Crippen LogP contribution in [0.5, 0.6) is 5.75 Å². The van der Waals surface area contributed by atoms with Gasteiger partial charge < -0.3 is 19.0 Å². The summed E-state index contributed by atoms with van der Waals surface area (Å²) in [5, 5.41) is 9.17. The second-order valence-electron chi connectivity index (χ2n) is 6.49. The highest BCUT2D eigenvalue weighted by Gasteiger charge is 2.18. The molecule has 0 spiro atoms. The van der Waals surface area contributed by atoms with E-state index in [0.29, 0.717) is 37.7 Å². The number of carbonyl (C=O) groups is 1. The summed E-state index contributed by atoms with van der Waals surface area (Å²) in [6, 6.07) is 11.1. The molecule has 7 heteroatoms. The average molecular weight is 396 g/mol. The monoisotopic (exact) mass is 396 g/mol. The van der Waals surface area contributed by atoms with E-state index < -0.39 is 12.1 Å². The SMILES string of the molecule is CCO[C@@H](Cc1ccc(OCCc2nc(-c3cccnc3)oc2C)cc1)C(=O)O. The summed E-state index contributed by atoms with van der Waals surface area (Å²) in [6.45, 7) is 4.48. The number of aromatic nitrogens is 2. The maximum atomic E-state index is 11.2. The van der Waals surface area contributed by atoms with E-state index in [-0.39, 0.29) is 0 Å². The first-order valence-electron chi connectivity index (χ1n) is 9.49. The van der Waals surface area contributed by atoms with Gasteiger partial charge in [0.2, 0.25) is 5.89 Å². The van der Waals surface area contributed by atoms with E-state index in [9.17, 15) is 9.90 Å². The van der Waals surface area contributed by atoms with Gasteiger partial charge in [-0.25, -0.2) is 9.78 Å². The minimum atomic E-state index is -0.958. The summed E-state index contributed by atoms with van der Waals surface area (Å²) in [6.07, 6.45) is 3.52. The van der Waals surface area contributed by atoms with Crippen LogP contribution in [-0.4, -0.2) is 40.4 Å². The first-order valence-corrected chi connectivity index (χ1v) is 9.49. The summed E-state index contributed by atoms with van der Waals surface area (Å²) in [7, 11) is 0. The van der Waals surface area contributed by atoms with Gasteiger partial charge in [0, 0.05) is 31.8 Å². The number of pyridine rings is 1. The normalized spacial score (nSPS) is 11.9. The van der Waals surface area contributed by atoms with Crippen molar-refractivity contribution in [3.8, 4) is 17.2 Å². The molecule has 0 saturated heterocycles. The quantitative estimate of drug-likeness (QED) is 0.558. The number of hydrogen-bond acceptors (Lipinski definition) is 6. The number of benzene rings is 1. The zero-order valence-electron chi connectivity index (χ0n) is 16.5. The molecule has 152 valence electrons. The Balaban J connectivity index is 1.53. The molecule has 1 aromatic carbocycles. The van der Waals surface area contributed by atoms with Crippen LogP contribution in [0.2, 0.25) is 0 Å². The number of carboxylic acids is 1. The summed E-state index contributed by atoms with van der Waals surface area (Å²) in [4.78, 5) is 19.8. The molecule has 1 N–H and O–H groups in total. The Morgan fingerprint density at radius 3 is 2.69 bits per heavy atom. The molecule has 0 aliphatic rings. The van der Waals surface area contributed by atoms with Gasteiger partial charge >= 0.3 is 5.97 Å². The Morgan fingerprint density at radius 1 is 1.24 bits per heavy atom. The van der Waals surface area contributed by atoms with E-state index in [1.807, 2.05) is 43.3 Å². The summed E-state index contributed by atoms with van der Waals surface area (Å²) in [5.74, 6) is 1.07. The number of hydrogen-bond donors (Lipinski definition) is 1. The number of rotatable bonds is 10. The topological polar surface area (TPSA) is 94.7 Å². The van der Waals surface area contributed by atoms with Gasteiger partial charge in [-0.15, -0.1) is 0 Å². The fourth-order valence-corrected chi connectivity index (χ4v) is 2.89. The van der Waals surface area contributed by atoms with E-state index in [4.69, 9.17) is 13.9 Å². The Morgan fingerprint density at radius 2 is 2.03 bits per heavy atom. The van der Waals surface area contributed by atoms with Crippen molar-refractivity contribution in [3.63, 3.8) is 0 Å². The van der Waals surface area contributed by atoms with E-state index in [1.54, 1.807) is 19.3 Å². The first-order chi connectivity index (χ1) is 14.1. The third kappa shape index (κ3) is 5.65. The molecule has 3 rings (SSSR count). The number of aliphatic carboxylic acids is 1. The van der Waals surface area contributed by atoms with Gasteiger partial charge in [-0.2, -0.15) is 0 Å². The fourth-order valence-electron chi connectivity index (χ4n) is 2.89. The molecular weight excluding hydrogens is 372 g/mol. The smallest absolute Gasteiger partial charge is 0.333 e. The first kappa shape index (κ1) is 20.5. The Hall–Kier alpha value is -3.19. The largest absolute Gasteiger partial charge is 0.493 e. The molecule has 0 saturated carbocycles. The van der Waals surface area contributed by atoms with Crippen molar-refractivity contribution in [2.75, 3.05) is 13.2 Å². The lowest BCUT2D eigenvalue weighted by atomic mass is 10.1. The zero-order valence-corrected chi connectivity index (χ0v) is 16.5. The molecule has 0 amide bonds. The molecule has 0 aliphatic heterocycles. The highest BCUT2D eigenvalue weighted by atomic mass is 16.5. The lowest BCUT2D eigenvalue weighted by Crippen LogP contribution is -2.26. The molecule has 0 bridgehead atoms. The third-order valence-electron chi connectivity index (χ3n) is 4.40. The third-order valence-corrected chi connectivity index (χ3v) is 4.40. The molecule has 0 aliphatic carbocycles. The lowest BCUT2D eigenvalue weighted by molar-refractivity contribution is -0.149. The predicted molar refractivity (Wildman–Crippen MR) is 107 cm³/mol. The van der Waals surface area contributed by atoms with Gasteiger partial charge in [0.25, 0.3) is 0 Å². The molecule has 1 atom stereocenters. The molecular formula is C22H24N2O5. The molecule has 2 heterocycles. The minimum Gasteiger partial charge on any atom is -0.493 e. The van der Waals surface area contributed by atoms with E-state index in [1.165, 1.54) is 0 Å². The Labute approximate surface area is 169 Å². The maximum Gasteiger partial charge on any atom is 0.333 e. The maximum absolute atomic E-state index is 11.2. The summed E-state index contributed by atoms with van der Waals surface area (Å²) >= 11 is 0. The van der Waals surface area contributed by atoms with Gasteiger partial charge in [-0.3, -0.25) is 4.98 Å². The number of aryl methyl sites for hydroxylation is 1. The standard InChI is InChI=1S/C22H24N2O5/c1-3-27-20(22(25)26)13-16-6-8-18(9-7-16)28-12-10-19-15(2)29-21(24-19)17-5-4-11-23-14-17/h4-9,11,14,20H,3,10,12-13H2,1-2H3,(H,25,26)/t20-/m0/s1. The Kier molecular flexibility index (Phi) is 6.97.